The first-order valence-electron chi connectivity index (χ1n) is 7.47. The van der Waals surface area contributed by atoms with E-state index in [0.29, 0.717) is 13.1 Å². The van der Waals surface area contributed by atoms with Crippen LogP contribution in [0.2, 0.25) is 0 Å². The third-order valence-electron chi connectivity index (χ3n) is 3.58. The van der Waals surface area contributed by atoms with Gasteiger partial charge < -0.3 is 15.0 Å². The summed E-state index contributed by atoms with van der Waals surface area (Å²) in [6, 6.07) is 3.59. The number of rotatable bonds is 4. The van der Waals surface area contributed by atoms with Gasteiger partial charge in [-0.3, -0.25) is 4.79 Å². The number of amides is 1. The zero-order chi connectivity index (χ0) is 17.0. The quantitative estimate of drug-likeness (QED) is 0.923. The molecule has 1 aromatic rings. The topological polar surface area (TPSA) is 65.4 Å². The summed E-state index contributed by atoms with van der Waals surface area (Å²) in [5, 5.41) is 11.2. The molecule has 124 valence electrons. The molecule has 1 amide bonds. The number of carbonyl (C=O) groups is 1. The average Bonchev–Trinajstić information content (AvgIpc) is 2.48. The number of hydrogen-bond acceptors (Lipinski definition) is 4. The number of benzene rings is 1. The van der Waals surface area contributed by atoms with Crippen molar-refractivity contribution in [2.45, 2.75) is 32.5 Å². The van der Waals surface area contributed by atoms with Gasteiger partial charge in [0.2, 0.25) is 5.91 Å². The second-order valence-corrected chi connectivity index (χ2v) is 5.66. The third-order valence-corrected chi connectivity index (χ3v) is 3.58. The number of morpholine rings is 1. The van der Waals surface area contributed by atoms with E-state index in [2.05, 4.69) is 5.32 Å². The molecule has 1 N–H and O–H groups in total. The van der Waals surface area contributed by atoms with Gasteiger partial charge in [-0.1, -0.05) is 0 Å². The predicted molar refractivity (Wildman–Crippen MR) is 80.8 cm³/mol. The number of anilines is 1. The van der Waals surface area contributed by atoms with Crippen LogP contribution in [0.1, 0.15) is 25.8 Å². The van der Waals surface area contributed by atoms with E-state index in [-0.39, 0.29) is 42.3 Å². The van der Waals surface area contributed by atoms with Gasteiger partial charge in [-0.15, -0.1) is 0 Å². The van der Waals surface area contributed by atoms with E-state index in [9.17, 15) is 13.6 Å². The van der Waals surface area contributed by atoms with Crippen LogP contribution in [0.25, 0.3) is 0 Å². The van der Waals surface area contributed by atoms with Crippen molar-refractivity contribution in [2.75, 3.05) is 25.0 Å². The number of nitrogens with one attached hydrogen (secondary N) is 1. The van der Waals surface area contributed by atoms with Gasteiger partial charge in [0.15, 0.2) is 11.6 Å². The molecule has 0 saturated carbocycles. The molecule has 0 unspecified atom stereocenters. The number of nitrogens with zero attached hydrogens (tertiary/aromatic N) is 2. The van der Waals surface area contributed by atoms with Crippen LogP contribution < -0.4 is 5.32 Å². The fourth-order valence-corrected chi connectivity index (χ4v) is 2.64. The summed E-state index contributed by atoms with van der Waals surface area (Å²) < 4.78 is 33.0. The maximum atomic E-state index is 13.7. The molecule has 1 saturated heterocycles. The minimum absolute atomic E-state index is 0.0240. The Labute approximate surface area is 133 Å². The van der Waals surface area contributed by atoms with Gasteiger partial charge >= 0.3 is 0 Å². The molecular weight excluding hydrogens is 304 g/mol. The molecule has 0 aromatic heterocycles. The molecule has 7 heteroatoms. The molecule has 23 heavy (non-hydrogen) atoms. The van der Waals surface area contributed by atoms with Crippen molar-refractivity contribution in [3.05, 3.63) is 29.3 Å². The van der Waals surface area contributed by atoms with Crippen LogP contribution >= 0.6 is 0 Å². The number of halogens is 2. The van der Waals surface area contributed by atoms with Crippen molar-refractivity contribution in [3.8, 4) is 6.07 Å². The van der Waals surface area contributed by atoms with E-state index in [1.54, 1.807) is 11.0 Å². The zero-order valence-electron chi connectivity index (χ0n) is 13.1. The summed E-state index contributed by atoms with van der Waals surface area (Å²) in [7, 11) is 0. The van der Waals surface area contributed by atoms with Crippen LogP contribution in [-0.2, 0) is 9.53 Å². The standard InChI is InChI=1S/C16H19F2N3O2/c1-10-8-21(9-11(2)23-10)15(22)3-4-20-16-13(17)5-12(7-19)6-14(16)18/h5-6,10-11,20H,3-4,8-9H2,1-2H3/t10-,11-/m1/s1. The highest BCUT2D eigenvalue weighted by atomic mass is 19.1. The van der Waals surface area contributed by atoms with Crippen molar-refractivity contribution in [2.24, 2.45) is 0 Å². The van der Waals surface area contributed by atoms with Crippen molar-refractivity contribution in [3.63, 3.8) is 0 Å². The van der Waals surface area contributed by atoms with Crippen molar-refractivity contribution >= 4 is 11.6 Å². The lowest BCUT2D eigenvalue weighted by Gasteiger charge is -2.35. The predicted octanol–water partition coefficient (Wildman–Crippen LogP) is 2.27. The Hall–Kier alpha value is -2.20. The SMILES string of the molecule is C[C@@H]1CN(C(=O)CCNc2c(F)cc(C#N)cc2F)C[C@@H](C)O1. The molecule has 1 aromatic carbocycles. The molecule has 1 aliphatic rings. The zero-order valence-corrected chi connectivity index (χ0v) is 13.1. The summed E-state index contributed by atoms with van der Waals surface area (Å²) in [4.78, 5) is 13.8. The molecule has 2 rings (SSSR count). The summed E-state index contributed by atoms with van der Waals surface area (Å²) in [5.74, 6) is -1.78. The number of hydrogen-bond donors (Lipinski definition) is 1. The largest absolute Gasteiger partial charge is 0.380 e. The van der Waals surface area contributed by atoms with Crippen molar-refractivity contribution < 1.29 is 18.3 Å². The fourth-order valence-electron chi connectivity index (χ4n) is 2.64. The Morgan fingerprint density at radius 2 is 1.91 bits per heavy atom. The van der Waals surface area contributed by atoms with E-state index >= 15 is 0 Å². The van der Waals surface area contributed by atoms with Gasteiger partial charge in [0.1, 0.15) is 5.69 Å². The normalized spacial score (nSPS) is 20.9. The molecule has 0 radical (unpaired) electrons. The molecular formula is C16H19F2N3O2. The van der Waals surface area contributed by atoms with E-state index in [1.807, 2.05) is 13.8 Å². The van der Waals surface area contributed by atoms with Crippen LogP contribution in [0.4, 0.5) is 14.5 Å². The lowest BCUT2D eigenvalue weighted by Crippen LogP contribution is -2.48. The number of ether oxygens (including phenoxy) is 1. The highest BCUT2D eigenvalue weighted by Gasteiger charge is 2.25. The van der Waals surface area contributed by atoms with Crippen LogP contribution in [-0.4, -0.2) is 42.6 Å². The van der Waals surface area contributed by atoms with E-state index in [1.165, 1.54) is 0 Å². The molecule has 1 heterocycles. The molecule has 0 spiro atoms. The van der Waals surface area contributed by atoms with Crippen LogP contribution in [0.5, 0.6) is 0 Å². The molecule has 5 nitrogen and oxygen atoms in total. The first kappa shape index (κ1) is 17.2. The first-order valence-corrected chi connectivity index (χ1v) is 7.47. The van der Waals surface area contributed by atoms with Crippen molar-refractivity contribution in [1.82, 2.24) is 4.90 Å². The third kappa shape index (κ3) is 4.39. The van der Waals surface area contributed by atoms with Gasteiger partial charge in [0.05, 0.1) is 23.8 Å². The molecule has 1 aliphatic heterocycles. The Kier molecular flexibility index (Phi) is 5.50. The highest BCUT2D eigenvalue weighted by Crippen LogP contribution is 2.20. The van der Waals surface area contributed by atoms with Crippen LogP contribution in [0.15, 0.2) is 12.1 Å². The Bertz CT molecular complexity index is 597. The summed E-state index contributed by atoms with van der Waals surface area (Å²) in [5.41, 5.74) is -0.404. The lowest BCUT2D eigenvalue weighted by molar-refractivity contribution is -0.142. The minimum atomic E-state index is -0.845. The van der Waals surface area contributed by atoms with Gasteiger partial charge in [-0.2, -0.15) is 5.26 Å². The maximum absolute atomic E-state index is 13.7. The Morgan fingerprint density at radius 3 is 2.43 bits per heavy atom. The first-order chi connectivity index (χ1) is 10.9. The average molecular weight is 323 g/mol. The summed E-state index contributed by atoms with van der Waals surface area (Å²) in [6.07, 6.45) is 0.0753. The monoisotopic (exact) mass is 323 g/mol. The van der Waals surface area contributed by atoms with Gasteiger partial charge in [-0.05, 0) is 26.0 Å². The highest BCUT2D eigenvalue weighted by molar-refractivity contribution is 5.77. The van der Waals surface area contributed by atoms with E-state index < -0.39 is 11.6 Å². The van der Waals surface area contributed by atoms with Gasteiger partial charge in [0.25, 0.3) is 0 Å². The van der Waals surface area contributed by atoms with E-state index in [4.69, 9.17) is 10.00 Å². The summed E-state index contributed by atoms with van der Waals surface area (Å²) >= 11 is 0. The lowest BCUT2D eigenvalue weighted by atomic mass is 10.2. The van der Waals surface area contributed by atoms with Crippen LogP contribution in [0.3, 0.4) is 0 Å². The second kappa shape index (κ2) is 7.38. The van der Waals surface area contributed by atoms with Crippen LogP contribution in [0, 0.1) is 23.0 Å². The maximum Gasteiger partial charge on any atom is 0.224 e. The van der Waals surface area contributed by atoms with E-state index in [0.717, 1.165) is 12.1 Å². The fraction of sp³-hybridized carbons (Fsp3) is 0.500. The molecule has 1 fully saturated rings. The Balaban J connectivity index is 1.90. The van der Waals surface area contributed by atoms with Gasteiger partial charge in [-0.25, -0.2) is 8.78 Å². The number of carbonyl (C=O) groups excluding carboxylic acids is 1. The summed E-state index contributed by atoms with van der Waals surface area (Å²) in [6.45, 7) is 4.94. The molecule has 0 bridgehead atoms. The molecule has 2 atom stereocenters. The smallest absolute Gasteiger partial charge is 0.224 e. The second-order valence-electron chi connectivity index (χ2n) is 5.66. The van der Waals surface area contributed by atoms with Crippen molar-refractivity contribution in [1.29, 1.82) is 5.26 Å². The number of nitriles is 1. The van der Waals surface area contributed by atoms with Gasteiger partial charge in [0, 0.05) is 26.1 Å². The molecule has 0 aliphatic carbocycles. The Morgan fingerprint density at radius 1 is 1.35 bits per heavy atom. The minimum Gasteiger partial charge on any atom is -0.380 e.